The summed E-state index contributed by atoms with van der Waals surface area (Å²) in [5.74, 6) is -0.931. The summed E-state index contributed by atoms with van der Waals surface area (Å²) in [4.78, 5) is 25.0. The molecule has 25 heavy (non-hydrogen) atoms. The molecular weight excluding hydrogens is 369 g/mol. The van der Waals surface area contributed by atoms with E-state index in [2.05, 4.69) is 5.10 Å². The number of aromatic nitrogens is 2. The molecule has 3 rings (SSSR count). The molecule has 1 aromatic heterocycles. The number of carbonyl (C=O) groups excluding carboxylic acids is 1. The smallest absolute Gasteiger partial charge is 0.410 e. The lowest BCUT2D eigenvalue weighted by atomic mass is 10.1. The highest BCUT2D eigenvalue weighted by atomic mass is 35.5. The quantitative estimate of drug-likeness (QED) is 0.820. The number of benzene rings is 1. The van der Waals surface area contributed by atoms with Gasteiger partial charge in [0.15, 0.2) is 5.69 Å². The Balaban J connectivity index is 1.95. The van der Waals surface area contributed by atoms with Crippen LogP contribution < -0.4 is 0 Å². The molecule has 1 amide bonds. The Morgan fingerprint density at radius 3 is 2.64 bits per heavy atom. The van der Waals surface area contributed by atoms with Gasteiger partial charge in [-0.1, -0.05) is 11.6 Å². The van der Waals surface area contributed by atoms with E-state index in [1.54, 1.807) is 28.9 Å². The van der Waals surface area contributed by atoms with Crippen LogP contribution in [0.3, 0.4) is 0 Å². The van der Waals surface area contributed by atoms with Crippen molar-refractivity contribution < 1.29 is 19.4 Å². The average Bonchev–Trinajstić information content (AvgIpc) is 2.99. The number of carboxylic acids is 1. The summed E-state index contributed by atoms with van der Waals surface area (Å²) in [5, 5.41) is 14.3. The minimum absolute atomic E-state index is 0.0696. The van der Waals surface area contributed by atoms with E-state index in [-0.39, 0.29) is 24.7 Å². The molecular formula is C16H15Cl2N3O4. The third-order valence-corrected chi connectivity index (χ3v) is 4.30. The Labute approximate surface area is 153 Å². The van der Waals surface area contributed by atoms with Crippen molar-refractivity contribution in [1.82, 2.24) is 14.7 Å². The molecule has 0 unspecified atom stereocenters. The van der Waals surface area contributed by atoms with Crippen LogP contribution in [-0.4, -0.2) is 50.9 Å². The van der Waals surface area contributed by atoms with Gasteiger partial charge in [0, 0.05) is 23.6 Å². The molecule has 2 heterocycles. The Morgan fingerprint density at radius 1 is 1.28 bits per heavy atom. The van der Waals surface area contributed by atoms with Crippen molar-refractivity contribution in [3.8, 4) is 5.69 Å². The van der Waals surface area contributed by atoms with Crippen molar-refractivity contribution in [2.75, 3.05) is 19.0 Å². The highest BCUT2D eigenvalue weighted by Gasteiger charge is 2.31. The maximum atomic E-state index is 12.0. The molecule has 0 aliphatic carbocycles. The summed E-state index contributed by atoms with van der Waals surface area (Å²) < 4.78 is 6.61. The lowest BCUT2D eigenvalue weighted by molar-refractivity contribution is 0.0684. The Kier molecular flexibility index (Phi) is 5.15. The molecule has 0 saturated heterocycles. The number of aromatic carboxylic acids is 1. The third-order valence-electron chi connectivity index (χ3n) is 3.89. The van der Waals surface area contributed by atoms with Crippen LogP contribution in [0.25, 0.3) is 5.69 Å². The van der Waals surface area contributed by atoms with Gasteiger partial charge in [0.2, 0.25) is 0 Å². The fraction of sp³-hybridized carbons (Fsp3) is 0.312. The van der Waals surface area contributed by atoms with Gasteiger partial charge in [-0.05, 0) is 24.3 Å². The lowest BCUT2D eigenvalue weighted by Crippen LogP contribution is -2.37. The van der Waals surface area contributed by atoms with Gasteiger partial charge in [-0.2, -0.15) is 5.10 Å². The predicted octanol–water partition coefficient (Wildman–Crippen LogP) is 2.96. The molecule has 0 saturated carbocycles. The zero-order chi connectivity index (χ0) is 18.0. The average molecular weight is 384 g/mol. The molecule has 7 nitrogen and oxygen atoms in total. The van der Waals surface area contributed by atoms with E-state index < -0.39 is 12.1 Å². The van der Waals surface area contributed by atoms with Crippen LogP contribution in [0.1, 0.15) is 21.7 Å². The Hall–Kier alpha value is -2.25. The van der Waals surface area contributed by atoms with Crippen molar-refractivity contribution in [2.45, 2.75) is 13.0 Å². The largest absolute Gasteiger partial charge is 0.476 e. The highest BCUT2D eigenvalue weighted by molar-refractivity contribution is 6.30. The van der Waals surface area contributed by atoms with E-state index in [4.69, 9.17) is 27.9 Å². The second kappa shape index (κ2) is 7.33. The normalized spacial score (nSPS) is 13.4. The van der Waals surface area contributed by atoms with Crippen LogP contribution in [0.15, 0.2) is 24.3 Å². The number of halogens is 2. The van der Waals surface area contributed by atoms with Crippen LogP contribution in [0.2, 0.25) is 5.02 Å². The van der Waals surface area contributed by atoms with E-state index in [9.17, 15) is 14.7 Å². The van der Waals surface area contributed by atoms with Crippen LogP contribution in [0.4, 0.5) is 4.79 Å². The van der Waals surface area contributed by atoms with Gasteiger partial charge in [-0.25, -0.2) is 14.3 Å². The van der Waals surface area contributed by atoms with Crippen LogP contribution in [0, 0.1) is 0 Å². The maximum Gasteiger partial charge on any atom is 0.410 e. The number of fused-ring (bicyclic) bond motifs is 1. The van der Waals surface area contributed by atoms with Crippen molar-refractivity contribution in [2.24, 2.45) is 0 Å². The lowest BCUT2D eigenvalue weighted by Gasteiger charge is -2.26. The first kappa shape index (κ1) is 17.6. The summed E-state index contributed by atoms with van der Waals surface area (Å²) in [6.45, 7) is 0.651. The first-order valence-electron chi connectivity index (χ1n) is 7.59. The minimum atomic E-state index is -1.14. The first-order valence-corrected chi connectivity index (χ1v) is 8.50. The number of carboxylic acid groups (broad SMARTS) is 1. The van der Waals surface area contributed by atoms with Gasteiger partial charge in [-0.15, -0.1) is 11.6 Å². The second-order valence-corrected chi connectivity index (χ2v) is 6.26. The third kappa shape index (κ3) is 3.57. The van der Waals surface area contributed by atoms with Crippen LogP contribution >= 0.6 is 23.2 Å². The van der Waals surface area contributed by atoms with E-state index in [0.717, 1.165) is 5.69 Å². The van der Waals surface area contributed by atoms with E-state index in [0.29, 0.717) is 29.2 Å². The molecule has 0 radical (unpaired) electrons. The number of amides is 1. The SMILES string of the molecule is O=C(O)c1nn(-c2ccc(Cl)cc2)c2c1CN(C(=O)OCCCl)CC2. The summed E-state index contributed by atoms with van der Waals surface area (Å²) in [6.07, 6.45) is -0.0457. The van der Waals surface area contributed by atoms with Gasteiger partial charge >= 0.3 is 12.1 Å². The standard InChI is InChI=1S/C16H15Cl2N3O4/c17-6-8-25-16(24)20-7-5-13-12(9-20)14(15(22)23)19-21(13)11-3-1-10(18)2-4-11/h1-4H,5-9H2,(H,22,23). The van der Waals surface area contributed by atoms with Crippen molar-refractivity contribution in [3.63, 3.8) is 0 Å². The van der Waals surface area contributed by atoms with Crippen LogP contribution in [-0.2, 0) is 17.7 Å². The second-order valence-electron chi connectivity index (χ2n) is 5.44. The molecule has 1 aliphatic rings. The zero-order valence-corrected chi connectivity index (χ0v) is 14.6. The number of hydrogen-bond acceptors (Lipinski definition) is 4. The number of ether oxygens (including phenoxy) is 1. The number of carbonyl (C=O) groups is 2. The molecule has 0 atom stereocenters. The molecule has 1 aliphatic heterocycles. The summed E-state index contributed by atoms with van der Waals surface area (Å²) in [6, 6.07) is 6.96. The van der Waals surface area contributed by atoms with Crippen molar-refractivity contribution >= 4 is 35.3 Å². The van der Waals surface area contributed by atoms with E-state index in [1.807, 2.05) is 0 Å². The van der Waals surface area contributed by atoms with Crippen LogP contribution in [0.5, 0.6) is 0 Å². The Morgan fingerprint density at radius 2 is 2.00 bits per heavy atom. The van der Waals surface area contributed by atoms with Gasteiger partial charge in [0.05, 0.1) is 23.8 Å². The number of hydrogen-bond donors (Lipinski definition) is 1. The van der Waals surface area contributed by atoms with Gasteiger partial charge in [0.1, 0.15) is 6.61 Å². The molecule has 1 aromatic carbocycles. The van der Waals surface area contributed by atoms with Gasteiger partial charge < -0.3 is 14.7 Å². The van der Waals surface area contributed by atoms with Gasteiger partial charge in [-0.3, -0.25) is 0 Å². The van der Waals surface area contributed by atoms with E-state index >= 15 is 0 Å². The first-order chi connectivity index (χ1) is 12.0. The van der Waals surface area contributed by atoms with Crippen molar-refractivity contribution in [1.29, 1.82) is 0 Å². The summed E-state index contributed by atoms with van der Waals surface area (Å²) >= 11 is 11.4. The zero-order valence-electron chi connectivity index (χ0n) is 13.1. The van der Waals surface area contributed by atoms with E-state index in [1.165, 1.54) is 4.90 Å². The summed E-state index contributed by atoms with van der Waals surface area (Å²) in [7, 11) is 0. The molecule has 2 aromatic rings. The summed E-state index contributed by atoms with van der Waals surface area (Å²) in [5.41, 5.74) is 1.92. The molecule has 132 valence electrons. The number of nitrogens with zero attached hydrogens (tertiary/aromatic N) is 3. The minimum Gasteiger partial charge on any atom is -0.476 e. The highest BCUT2D eigenvalue weighted by Crippen LogP contribution is 2.26. The molecule has 0 fully saturated rings. The topological polar surface area (TPSA) is 84.7 Å². The molecule has 9 heteroatoms. The monoisotopic (exact) mass is 383 g/mol. The predicted molar refractivity (Wildman–Crippen MR) is 91.7 cm³/mol. The molecule has 1 N–H and O–H groups in total. The van der Waals surface area contributed by atoms with Gasteiger partial charge in [0.25, 0.3) is 0 Å². The molecule has 0 spiro atoms. The fourth-order valence-electron chi connectivity index (χ4n) is 2.76. The Bertz CT molecular complexity index is 804. The molecule has 0 bridgehead atoms. The maximum absolute atomic E-state index is 12.0. The fourth-order valence-corrected chi connectivity index (χ4v) is 2.96. The van der Waals surface area contributed by atoms with Crippen molar-refractivity contribution in [3.05, 3.63) is 46.2 Å². The number of rotatable bonds is 4. The number of alkyl halides is 1.